The van der Waals surface area contributed by atoms with Gasteiger partial charge in [-0.15, -0.1) is 11.3 Å². The summed E-state index contributed by atoms with van der Waals surface area (Å²) < 4.78 is 0. The molecule has 1 aliphatic heterocycles. The number of nitrogens with zero attached hydrogens (tertiary/aromatic N) is 3. The van der Waals surface area contributed by atoms with Crippen LogP contribution in [0, 0.1) is 10.1 Å². The van der Waals surface area contributed by atoms with Gasteiger partial charge in [-0.1, -0.05) is 6.07 Å². The van der Waals surface area contributed by atoms with Crippen LogP contribution in [0.5, 0.6) is 0 Å². The Bertz CT molecular complexity index is 935. The number of amides is 1. The Labute approximate surface area is 165 Å². The average Bonchev–Trinajstić information content (AvgIpc) is 3.28. The van der Waals surface area contributed by atoms with Crippen molar-refractivity contribution in [3.63, 3.8) is 0 Å². The van der Waals surface area contributed by atoms with Crippen molar-refractivity contribution in [2.75, 3.05) is 27.2 Å². The zero-order chi connectivity index (χ0) is 20.4. The second-order valence-corrected chi connectivity index (χ2v) is 7.57. The number of likely N-dealkylation sites (N-methyl/N-ethyl adjacent to an activating group) is 1. The number of carbonyl (C=O) groups is 2. The van der Waals surface area contributed by atoms with E-state index in [0.717, 1.165) is 0 Å². The van der Waals surface area contributed by atoms with Crippen LogP contribution >= 0.6 is 11.3 Å². The Morgan fingerprint density at radius 2 is 1.96 bits per heavy atom. The number of rotatable bonds is 7. The Morgan fingerprint density at radius 3 is 2.50 bits per heavy atom. The highest BCUT2D eigenvalue weighted by Crippen LogP contribution is 2.39. The number of benzene rings is 1. The minimum absolute atomic E-state index is 0.0000548. The van der Waals surface area contributed by atoms with E-state index >= 15 is 0 Å². The van der Waals surface area contributed by atoms with E-state index in [2.05, 4.69) is 0 Å². The number of carbonyl (C=O) groups excluding carboxylic acids is 2. The molecule has 0 aliphatic carbocycles. The van der Waals surface area contributed by atoms with Crippen LogP contribution < -0.4 is 0 Å². The molecule has 8 nitrogen and oxygen atoms in total. The quantitative estimate of drug-likeness (QED) is 0.435. The van der Waals surface area contributed by atoms with Crippen molar-refractivity contribution >= 4 is 28.7 Å². The van der Waals surface area contributed by atoms with Crippen molar-refractivity contribution in [2.24, 2.45) is 0 Å². The van der Waals surface area contributed by atoms with Gasteiger partial charge in [0.2, 0.25) is 5.78 Å². The van der Waals surface area contributed by atoms with Crippen LogP contribution in [-0.2, 0) is 4.79 Å². The molecule has 0 unspecified atom stereocenters. The van der Waals surface area contributed by atoms with E-state index in [-0.39, 0.29) is 11.3 Å². The molecule has 9 heteroatoms. The minimum atomic E-state index is -0.803. The molecule has 2 heterocycles. The van der Waals surface area contributed by atoms with E-state index < -0.39 is 28.4 Å². The van der Waals surface area contributed by atoms with Gasteiger partial charge in [0.05, 0.1) is 21.4 Å². The number of Topliss-reactive ketones (excluding diaryl/α,β-unsaturated/α-hetero) is 1. The predicted octanol–water partition coefficient (Wildman–Crippen LogP) is 2.80. The van der Waals surface area contributed by atoms with Gasteiger partial charge in [-0.25, -0.2) is 0 Å². The van der Waals surface area contributed by atoms with Gasteiger partial charge in [0.25, 0.3) is 11.6 Å². The third kappa shape index (κ3) is 3.67. The number of nitro benzene ring substituents is 1. The van der Waals surface area contributed by atoms with Crippen LogP contribution in [-0.4, -0.2) is 58.7 Å². The Morgan fingerprint density at radius 1 is 1.29 bits per heavy atom. The van der Waals surface area contributed by atoms with E-state index in [0.29, 0.717) is 23.5 Å². The summed E-state index contributed by atoms with van der Waals surface area (Å²) in [5.41, 5.74) is 0.439. The lowest BCUT2D eigenvalue weighted by Crippen LogP contribution is -2.36. The van der Waals surface area contributed by atoms with E-state index in [1.54, 1.807) is 17.5 Å². The van der Waals surface area contributed by atoms with Crippen LogP contribution in [0.4, 0.5) is 5.69 Å². The van der Waals surface area contributed by atoms with Crippen LogP contribution in [0.2, 0.25) is 0 Å². The zero-order valence-electron chi connectivity index (χ0n) is 15.4. The standard InChI is InChI=1S/C19H19N3O5S/c1-20(2)9-10-21-16(12-5-7-13(8-6-12)22(26)27)15(18(24)19(21)25)17(23)14-4-3-11-28-14/h3-8,11,16,24H,9-10H2,1-2H3/t16-/m0/s1. The first-order valence-corrected chi connectivity index (χ1v) is 9.40. The highest BCUT2D eigenvalue weighted by molar-refractivity contribution is 7.12. The second kappa shape index (κ2) is 7.91. The summed E-state index contributed by atoms with van der Waals surface area (Å²) >= 11 is 1.22. The van der Waals surface area contributed by atoms with Crippen molar-refractivity contribution in [3.05, 3.63) is 73.7 Å². The van der Waals surface area contributed by atoms with Crippen molar-refractivity contribution in [1.29, 1.82) is 0 Å². The fourth-order valence-electron chi connectivity index (χ4n) is 3.09. The van der Waals surface area contributed by atoms with Crippen LogP contribution in [0.15, 0.2) is 53.1 Å². The molecule has 3 rings (SSSR count). The van der Waals surface area contributed by atoms with Crippen LogP contribution in [0.1, 0.15) is 21.3 Å². The molecule has 2 aromatic rings. The van der Waals surface area contributed by atoms with Gasteiger partial charge in [0.15, 0.2) is 5.76 Å². The lowest BCUT2D eigenvalue weighted by atomic mass is 9.95. The number of hydrogen-bond donors (Lipinski definition) is 1. The molecule has 1 aromatic heterocycles. The molecule has 146 valence electrons. The Balaban J connectivity index is 2.05. The van der Waals surface area contributed by atoms with Gasteiger partial charge in [0.1, 0.15) is 0 Å². The lowest BCUT2D eigenvalue weighted by Gasteiger charge is -2.27. The molecule has 1 amide bonds. The maximum Gasteiger partial charge on any atom is 0.290 e. The average molecular weight is 401 g/mol. The number of thiophene rings is 1. The van der Waals surface area contributed by atoms with E-state index in [1.165, 1.54) is 40.5 Å². The Hall–Kier alpha value is -3.04. The molecule has 0 spiro atoms. The summed E-state index contributed by atoms with van der Waals surface area (Å²) in [6, 6.07) is 8.23. The molecule has 0 saturated heterocycles. The van der Waals surface area contributed by atoms with Gasteiger partial charge in [-0.2, -0.15) is 0 Å². The first-order valence-electron chi connectivity index (χ1n) is 8.52. The first-order chi connectivity index (χ1) is 13.3. The van der Waals surface area contributed by atoms with Gasteiger partial charge < -0.3 is 14.9 Å². The number of hydrogen-bond acceptors (Lipinski definition) is 7. The molecule has 1 aromatic carbocycles. The maximum absolute atomic E-state index is 13.0. The maximum atomic E-state index is 13.0. The number of nitro groups is 1. The molecule has 1 aliphatic rings. The fourth-order valence-corrected chi connectivity index (χ4v) is 3.77. The van der Waals surface area contributed by atoms with E-state index in [4.69, 9.17) is 0 Å². The molecule has 0 bridgehead atoms. The highest BCUT2D eigenvalue weighted by atomic mass is 32.1. The Kier molecular flexibility index (Phi) is 5.57. The van der Waals surface area contributed by atoms with Crippen molar-refractivity contribution < 1.29 is 19.6 Å². The van der Waals surface area contributed by atoms with E-state index in [9.17, 15) is 24.8 Å². The van der Waals surface area contributed by atoms with E-state index in [1.807, 2.05) is 19.0 Å². The fraction of sp³-hybridized carbons (Fsp3) is 0.263. The third-order valence-electron chi connectivity index (χ3n) is 4.50. The number of aliphatic hydroxyl groups excluding tert-OH is 1. The molecule has 1 atom stereocenters. The van der Waals surface area contributed by atoms with Gasteiger partial charge in [-0.05, 0) is 43.2 Å². The summed E-state index contributed by atoms with van der Waals surface area (Å²) in [5, 5.41) is 23.2. The summed E-state index contributed by atoms with van der Waals surface area (Å²) in [7, 11) is 3.71. The van der Waals surface area contributed by atoms with Crippen LogP contribution in [0.3, 0.4) is 0 Å². The summed E-state index contributed by atoms with van der Waals surface area (Å²) in [6.45, 7) is 0.821. The molecular weight excluding hydrogens is 382 g/mol. The summed E-state index contributed by atoms with van der Waals surface area (Å²) in [5.74, 6) is -1.61. The topological polar surface area (TPSA) is 104 Å². The highest BCUT2D eigenvalue weighted by Gasteiger charge is 2.43. The van der Waals surface area contributed by atoms with Crippen molar-refractivity contribution in [3.8, 4) is 0 Å². The predicted molar refractivity (Wildman–Crippen MR) is 104 cm³/mol. The van der Waals surface area contributed by atoms with Crippen molar-refractivity contribution in [2.45, 2.75) is 6.04 Å². The largest absolute Gasteiger partial charge is 0.503 e. The summed E-state index contributed by atoms with van der Waals surface area (Å²) in [4.78, 5) is 39.9. The smallest absolute Gasteiger partial charge is 0.290 e. The van der Waals surface area contributed by atoms with Gasteiger partial charge >= 0.3 is 0 Å². The molecular formula is C19H19N3O5S. The molecule has 28 heavy (non-hydrogen) atoms. The van der Waals surface area contributed by atoms with Crippen molar-refractivity contribution in [1.82, 2.24) is 9.80 Å². The summed E-state index contributed by atoms with van der Waals surface area (Å²) in [6.07, 6.45) is 0. The van der Waals surface area contributed by atoms with Crippen LogP contribution in [0.25, 0.3) is 0 Å². The molecule has 1 N–H and O–H groups in total. The zero-order valence-corrected chi connectivity index (χ0v) is 16.2. The second-order valence-electron chi connectivity index (χ2n) is 6.62. The SMILES string of the molecule is CN(C)CCN1C(=O)C(O)=C(C(=O)c2cccs2)[C@@H]1c1ccc([N+](=O)[O-])cc1. The normalized spacial score (nSPS) is 16.9. The van der Waals surface area contributed by atoms with Gasteiger partial charge in [-0.3, -0.25) is 19.7 Å². The molecule has 0 saturated carbocycles. The molecule has 0 fully saturated rings. The first kappa shape index (κ1) is 19.7. The third-order valence-corrected chi connectivity index (χ3v) is 5.37. The number of aliphatic hydroxyl groups is 1. The number of ketones is 1. The monoisotopic (exact) mass is 401 g/mol. The minimum Gasteiger partial charge on any atom is -0.503 e. The lowest BCUT2D eigenvalue weighted by molar-refractivity contribution is -0.384. The number of non-ortho nitro benzene ring substituents is 1. The van der Waals surface area contributed by atoms with Gasteiger partial charge in [0, 0.05) is 25.2 Å². The molecule has 0 radical (unpaired) electrons.